The number of rotatable bonds is 12. The van der Waals surface area contributed by atoms with Crippen LogP contribution in [0.3, 0.4) is 0 Å². The van der Waals surface area contributed by atoms with Crippen molar-refractivity contribution in [3.63, 3.8) is 0 Å². The molecule has 0 spiro atoms. The van der Waals surface area contributed by atoms with Gasteiger partial charge in [-0.05, 0) is 56.0 Å². The third kappa shape index (κ3) is 6.51. The van der Waals surface area contributed by atoms with Crippen molar-refractivity contribution in [3.05, 3.63) is 61.8 Å². The number of aromatic hydroxyl groups is 1. The molecule has 200 valence electrons. The molecule has 1 amide bonds. The van der Waals surface area contributed by atoms with Gasteiger partial charge in [0.05, 0.1) is 17.6 Å². The van der Waals surface area contributed by atoms with Gasteiger partial charge in [0.25, 0.3) is 11.5 Å². The molecule has 9 nitrogen and oxygen atoms in total. The van der Waals surface area contributed by atoms with Crippen LogP contribution in [0, 0.1) is 18.3 Å². The van der Waals surface area contributed by atoms with Crippen LogP contribution in [0.25, 0.3) is 6.08 Å². The summed E-state index contributed by atoms with van der Waals surface area (Å²) in [7, 11) is 1.58. The Hall–Kier alpha value is -3.46. The molecule has 0 saturated carbocycles. The molecule has 1 aromatic carbocycles. The Bertz CT molecular complexity index is 1360. The first-order valence-electron chi connectivity index (χ1n) is 12.1. The Morgan fingerprint density at radius 3 is 2.55 bits per heavy atom. The van der Waals surface area contributed by atoms with Crippen molar-refractivity contribution in [2.24, 2.45) is 0 Å². The van der Waals surface area contributed by atoms with Crippen molar-refractivity contribution < 1.29 is 24.2 Å². The van der Waals surface area contributed by atoms with E-state index in [1.54, 1.807) is 25.3 Å². The number of carbonyl (C=O) groups excluding carboxylic acids is 2. The highest BCUT2D eigenvalue weighted by Crippen LogP contribution is 2.33. The first-order valence-corrected chi connectivity index (χ1v) is 13.3. The third-order valence-corrected chi connectivity index (χ3v) is 7.40. The highest BCUT2D eigenvalue weighted by molar-refractivity contribution is 8.26. The number of hydrogen-bond acceptors (Lipinski definition) is 9. The smallest absolute Gasteiger partial charge is 0.271 e. The zero-order valence-corrected chi connectivity index (χ0v) is 23.1. The number of pyridine rings is 1. The summed E-state index contributed by atoms with van der Waals surface area (Å²) in [5.41, 5.74) is 0.105. The number of Topliss-reactive ketones (excluding diaryl/α,β-unsaturated/α-hetero) is 1. The molecule has 1 fully saturated rings. The zero-order valence-electron chi connectivity index (χ0n) is 21.5. The highest BCUT2D eigenvalue weighted by atomic mass is 32.2. The van der Waals surface area contributed by atoms with Crippen LogP contribution >= 0.6 is 24.0 Å². The van der Waals surface area contributed by atoms with Crippen LogP contribution in [0.4, 0.5) is 0 Å². The molecule has 0 atom stereocenters. The molecule has 38 heavy (non-hydrogen) atoms. The van der Waals surface area contributed by atoms with E-state index >= 15 is 0 Å². The predicted molar refractivity (Wildman–Crippen MR) is 149 cm³/mol. The Morgan fingerprint density at radius 1 is 1.21 bits per heavy atom. The van der Waals surface area contributed by atoms with Crippen molar-refractivity contribution in [2.75, 3.05) is 26.9 Å². The summed E-state index contributed by atoms with van der Waals surface area (Å²) in [6.45, 7) is 4.54. The van der Waals surface area contributed by atoms with E-state index in [1.807, 2.05) is 25.1 Å². The summed E-state index contributed by atoms with van der Waals surface area (Å²) < 4.78 is 11.9. The van der Waals surface area contributed by atoms with E-state index < -0.39 is 17.2 Å². The Morgan fingerprint density at radius 2 is 1.92 bits per heavy atom. The second-order valence-corrected chi connectivity index (χ2v) is 10.1. The first-order chi connectivity index (χ1) is 18.2. The number of methoxy groups -OCH3 is 1. The summed E-state index contributed by atoms with van der Waals surface area (Å²) >= 11 is 6.58. The van der Waals surface area contributed by atoms with Gasteiger partial charge in [0.1, 0.15) is 21.7 Å². The third-order valence-electron chi connectivity index (χ3n) is 6.03. The highest BCUT2D eigenvalue weighted by Gasteiger charge is 2.32. The number of thioether (sulfide) groups is 1. The van der Waals surface area contributed by atoms with Gasteiger partial charge in [-0.1, -0.05) is 36.1 Å². The lowest BCUT2D eigenvalue weighted by Gasteiger charge is -2.17. The number of carbonyl (C=O) groups is 2. The SMILES string of the molecule is CCOCCCn1c(O)c(C(=O)CCCN2C(=O)/C(=C/c3ccc(OC)cc3)SC2=S)c(C)c(C#N)c1=O. The summed E-state index contributed by atoms with van der Waals surface area (Å²) in [6, 6.07) is 9.14. The Labute approximate surface area is 230 Å². The van der Waals surface area contributed by atoms with Crippen molar-refractivity contribution in [1.82, 2.24) is 9.47 Å². The fraction of sp³-hybridized carbons (Fsp3) is 0.370. The number of benzene rings is 1. The van der Waals surface area contributed by atoms with E-state index in [-0.39, 0.29) is 48.5 Å². The quantitative estimate of drug-likeness (QED) is 0.179. The summed E-state index contributed by atoms with van der Waals surface area (Å²) in [5.74, 6) is -0.407. The number of hydrogen-bond donors (Lipinski definition) is 1. The van der Waals surface area contributed by atoms with Gasteiger partial charge in [-0.25, -0.2) is 0 Å². The van der Waals surface area contributed by atoms with Crippen LogP contribution in [-0.2, 0) is 16.1 Å². The summed E-state index contributed by atoms with van der Waals surface area (Å²) in [4.78, 5) is 40.7. The molecule has 11 heteroatoms. The molecule has 2 aromatic rings. The van der Waals surface area contributed by atoms with Crippen LogP contribution in [0.2, 0.25) is 0 Å². The van der Waals surface area contributed by atoms with Gasteiger partial charge >= 0.3 is 0 Å². The molecule has 0 radical (unpaired) electrons. The number of amides is 1. The van der Waals surface area contributed by atoms with Crippen LogP contribution < -0.4 is 10.3 Å². The topological polar surface area (TPSA) is 122 Å². The number of ether oxygens (including phenoxy) is 2. The minimum Gasteiger partial charge on any atom is -0.497 e. The second kappa shape index (κ2) is 13.4. The normalized spacial score (nSPS) is 14.3. The van der Waals surface area contributed by atoms with E-state index in [0.717, 1.165) is 10.1 Å². The lowest BCUT2D eigenvalue weighted by molar-refractivity contribution is -0.122. The number of aromatic nitrogens is 1. The Kier molecular flexibility index (Phi) is 10.2. The molecule has 1 saturated heterocycles. The Balaban J connectivity index is 1.70. The van der Waals surface area contributed by atoms with Crippen LogP contribution in [0.5, 0.6) is 11.6 Å². The number of ketones is 1. The van der Waals surface area contributed by atoms with Crippen LogP contribution in [0.15, 0.2) is 34.0 Å². The largest absolute Gasteiger partial charge is 0.497 e. The molecule has 1 aliphatic rings. The second-order valence-electron chi connectivity index (χ2n) is 8.45. The van der Waals surface area contributed by atoms with E-state index in [9.17, 15) is 24.8 Å². The summed E-state index contributed by atoms with van der Waals surface area (Å²) in [5, 5.41) is 20.3. The molecule has 3 rings (SSSR count). The molecular weight excluding hydrogens is 526 g/mol. The van der Waals surface area contributed by atoms with Gasteiger partial charge < -0.3 is 14.6 Å². The minimum atomic E-state index is -0.642. The lowest BCUT2D eigenvalue weighted by Crippen LogP contribution is -2.30. The van der Waals surface area contributed by atoms with E-state index in [4.69, 9.17) is 21.7 Å². The predicted octanol–water partition coefficient (Wildman–Crippen LogP) is 4.03. The van der Waals surface area contributed by atoms with Crippen molar-refractivity contribution in [3.8, 4) is 17.7 Å². The molecule has 0 aliphatic carbocycles. The number of nitrogens with zero attached hydrogens (tertiary/aromatic N) is 3. The van der Waals surface area contributed by atoms with Gasteiger partial charge in [0, 0.05) is 32.7 Å². The standard InChI is InChI=1S/C27H29N3O6S2/c1-4-36-14-6-13-29-24(32)20(16-28)17(2)23(26(29)34)21(31)7-5-12-30-25(33)22(38-27(30)37)15-18-8-10-19(35-3)11-9-18/h8-11,15,34H,4-7,12-14H2,1-3H3/b22-15-. The molecule has 1 aromatic heterocycles. The average Bonchev–Trinajstić information content (AvgIpc) is 3.16. The fourth-order valence-corrected chi connectivity index (χ4v) is 5.34. The van der Waals surface area contributed by atoms with E-state index in [2.05, 4.69) is 0 Å². The maximum absolute atomic E-state index is 13.1. The van der Waals surface area contributed by atoms with Gasteiger partial charge in [-0.15, -0.1) is 0 Å². The number of nitriles is 1. The van der Waals surface area contributed by atoms with Crippen molar-refractivity contribution >= 4 is 46.1 Å². The number of thiocarbonyl (C=S) groups is 1. The van der Waals surface area contributed by atoms with Crippen LogP contribution in [-0.4, -0.2) is 57.5 Å². The van der Waals surface area contributed by atoms with Crippen LogP contribution in [0.1, 0.15) is 53.2 Å². The molecule has 0 unspecified atom stereocenters. The zero-order chi connectivity index (χ0) is 27.8. The van der Waals surface area contributed by atoms with E-state index in [0.29, 0.717) is 34.6 Å². The van der Waals surface area contributed by atoms with Crippen molar-refractivity contribution in [1.29, 1.82) is 5.26 Å². The molecule has 1 N–H and O–H groups in total. The van der Waals surface area contributed by atoms with Gasteiger partial charge in [-0.3, -0.25) is 23.9 Å². The van der Waals surface area contributed by atoms with E-state index in [1.165, 1.54) is 23.6 Å². The maximum Gasteiger partial charge on any atom is 0.271 e. The van der Waals surface area contributed by atoms with Gasteiger partial charge in [0.2, 0.25) is 5.88 Å². The minimum absolute atomic E-state index is 0.00892. The fourth-order valence-electron chi connectivity index (χ4n) is 4.03. The summed E-state index contributed by atoms with van der Waals surface area (Å²) in [6.07, 6.45) is 2.46. The van der Waals surface area contributed by atoms with Gasteiger partial charge in [-0.2, -0.15) is 5.26 Å². The van der Waals surface area contributed by atoms with Gasteiger partial charge in [0.15, 0.2) is 5.78 Å². The average molecular weight is 556 g/mol. The molecule has 1 aliphatic heterocycles. The molecule has 2 heterocycles. The molecule has 0 bridgehead atoms. The maximum atomic E-state index is 13.1. The van der Waals surface area contributed by atoms with Crippen molar-refractivity contribution in [2.45, 2.75) is 39.7 Å². The lowest BCUT2D eigenvalue weighted by atomic mass is 9.99. The monoisotopic (exact) mass is 555 g/mol. The first kappa shape index (κ1) is 29.1. The molecular formula is C27H29N3O6S2.